The minimum atomic E-state index is -0.0147. The zero-order chi connectivity index (χ0) is 15.0. The van der Waals surface area contributed by atoms with E-state index in [0.29, 0.717) is 12.1 Å². The first kappa shape index (κ1) is 16.7. The van der Waals surface area contributed by atoms with E-state index in [9.17, 15) is 4.79 Å². The van der Waals surface area contributed by atoms with Crippen molar-refractivity contribution < 1.29 is 4.79 Å². The average molecular weight is 292 g/mol. The molecule has 1 aromatic rings. The maximum atomic E-state index is 12.1. The van der Waals surface area contributed by atoms with Crippen molar-refractivity contribution in [2.75, 3.05) is 6.54 Å². The van der Waals surface area contributed by atoms with Gasteiger partial charge in [-0.2, -0.15) is 0 Å². The van der Waals surface area contributed by atoms with Crippen LogP contribution in [-0.4, -0.2) is 18.5 Å². The van der Waals surface area contributed by atoms with Gasteiger partial charge in [-0.3, -0.25) is 4.79 Å². The van der Waals surface area contributed by atoms with Crippen molar-refractivity contribution in [2.45, 2.75) is 46.1 Å². The minimum Gasteiger partial charge on any atom is -0.350 e. The summed E-state index contributed by atoms with van der Waals surface area (Å²) in [5.74, 6) is 6.44. The lowest BCUT2D eigenvalue weighted by Gasteiger charge is -2.13. The Morgan fingerprint density at radius 3 is 2.80 bits per heavy atom. The number of hydrogen-bond acceptors (Lipinski definition) is 3. The van der Waals surface area contributed by atoms with Crippen molar-refractivity contribution in [3.63, 3.8) is 0 Å². The van der Waals surface area contributed by atoms with Crippen LogP contribution < -0.4 is 11.1 Å². The highest BCUT2D eigenvalue weighted by Crippen LogP contribution is 2.14. The Bertz CT molecular complexity index is 482. The van der Waals surface area contributed by atoms with Crippen molar-refractivity contribution in [3.05, 3.63) is 21.9 Å². The highest BCUT2D eigenvalue weighted by Gasteiger charge is 2.11. The number of nitrogens with two attached hydrogens (primary N) is 1. The lowest BCUT2D eigenvalue weighted by Crippen LogP contribution is -2.32. The van der Waals surface area contributed by atoms with Crippen LogP contribution in [0.15, 0.2) is 11.4 Å². The summed E-state index contributed by atoms with van der Waals surface area (Å²) in [4.78, 5) is 12.9. The van der Waals surface area contributed by atoms with Gasteiger partial charge < -0.3 is 11.1 Å². The molecule has 0 aromatic carbocycles. The van der Waals surface area contributed by atoms with E-state index in [1.54, 1.807) is 0 Å². The predicted octanol–water partition coefficient (Wildman–Crippen LogP) is 3.00. The third kappa shape index (κ3) is 6.23. The molecule has 4 heteroatoms. The summed E-state index contributed by atoms with van der Waals surface area (Å²) in [6.45, 7) is 6.84. The number of rotatable bonds is 6. The number of nitrogens with one attached hydrogen (secondary N) is 1. The van der Waals surface area contributed by atoms with E-state index in [2.05, 4.69) is 37.9 Å². The number of carbonyl (C=O) groups is 1. The molecular formula is C16H24N2OS. The van der Waals surface area contributed by atoms with Gasteiger partial charge in [0.25, 0.3) is 5.91 Å². The fourth-order valence-electron chi connectivity index (χ4n) is 1.87. The van der Waals surface area contributed by atoms with Crippen LogP contribution in [0.25, 0.3) is 0 Å². The van der Waals surface area contributed by atoms with Gasteiger partial charge in [-0.15, -0.1) is 11.3 Å². The van der Waals surface area contributed by atoms with Gasteiger partial charge in [-0.05, 0) is 25.3 Å². The Labute approximate surface area is 126 Å². The van der Waals surface area contributed by atoms with Gasteiger partial charge >= 0.3 is 0 Å². The van der Waals surface area contributed by atoms with Crippen LogP contribution in [-0.2, 0) is 0 Å². The van der Waals surface area contributed by atoms with E-state index in [1.165, 1.54) is 17.8 Å². The van der Waals surface area contributed by atoms with Gasteiger partial charge in [0, 0.05) is 11.4 Å². The van der Waals surface area contributed by atoms with Crippen molar-refractivity contribution >= 4 is 17.2 Å². The molecule has 0 aliphatic heterocycles. The second-order valence-corrected chi connectivity index (χ2v) is 6.32. The first-order chi connectivity index (χ1) is 9.52. The largest absolute Gasteiger partial charge is 0.350 e. The van der Waals surface area contributed by atoms with Crippen LogP contribution in [0.5, 0.6) is 0 Å². The zero-order valence-corrected chi connectivity index (χ0v) is 13.3. The van der Waals surface area contributed by atoms with Crippen LogP contribution in [0.4, 0.5) is 0 Å². The molecule has 1 aromatic heterocycles. The second kappa shape index (κ2) is 8.78. The molecule has 3 nitrogen and oxygen atoms in total. The van der Waals surface area contributed by atoms with Crippen LogP contribution >= 0.6 is 11.3 Å². The summed E-state index contributed by atoms with van der Waals surface area (Å²) in [7, 11) is 0. The first-order valence-corrected chi connectivity index (χ1v) is 7.99. The second-order valence-electron chi connectivity index (χ2n) is 5.40. The maximum Gasteiger partial charge on any atom is 0.252 e. The molecule has 0 spiro atoms. The number of carbonyl (C=O) groups excluding carboxylic acids is 1. The van der Waals surface area contributed by atoms with E-state index in [-0.39, 0.29) is 11.9 Å². The lowest BCUT2D eigenvalue weighted by molar-refractivity contribution is 0.0938. The van der Waals surface area contributed by atoms with Gasteiger partial charge in [0.2, 0.25) is 0 Å². The topological polar surface area (TPSA) is 55.1 Å². The summed E-state index contributed by atoms with van der Waals surface area (Å²) < 4.78 is 0. The Balaban J connectivity index is 2.43. The molecule has 110 valence electrons. The Hall–Kier alpha value is -1.31. The molecule has 1 amide bonds. The Morgan fingerprint density at radius 2 is 2.15 bits per heavy atom. The van der Waals surface area contributed by atoms with E-state index in [1.807, 2.05) is 11.4 Å². The molecule has 1 atom stereocenters. The summed E-state index contributed by atoms with van der Waals surface area (Å²) in [6, 6.07) is 2.03. The third-order valence-electron chi connectivity index (χ3n) is 2.97. The SMILES string of the molecule is CC(C)CCCC(C)NC(=O)c1csc(C#CCN)c1. The molecule has 0 saturated heterocycles. The van der Waals surface area contributed by atoms with Crippen LogP contribution in [0.1, 0.15) is 55.3 Å². The number of thiophene rings is 1. The van der Waals surface area contributed by atoms with E-state index in [0.717, 1.165) is 23.6 Å². The molecule has 0 aliphatic rings. The van der Waals surface area contributed by atoms with E-state index in [4.69, 9.17) is 5.73 Å². The van der Waals surface area contributed by atoms with Gasteiger partial charge in [0.1, 0.15) is 0 Å². The van der Waals surface area contributed by atoms with Crippen molar-refractivity contribution in [2.24, 2.45) is 11.7 Å². The summed E-state index contributed by atoms with van der Waals surface area (Å²) >= 11 is 1.48. The maximum absolute atomic E-state index is 12.1. The average Bonchev–Trinajstić information content (AvgIpc) is 2.84. The molecule has 3 N–H and O–H groups in total. The van der Waals surface area contributed by atoms with Crippen molar-refractivity contribution in [1.82, 2.24) is 5.32 Å². The highest BCUT2D eigenvalue weighted by atomic mass is 32.1. The third-order valence-corrected chi connectivity index (χ3v) is 3.82. The Kier molecular flexibility index (Phi) is 7.35. The minimum absolute atomic E-state index is 0.0147. The molecule has 0 saturated carbocycles. The quantitative estimate of drug-likeness (QED) is 0.792. The van der Waals surface area contributed by atoms with Crippen molar-refractivity contribution in [3.8, 4) is 11.8 Å². The summed E-state index contributed by atoms with van der Waals surface area (Å²) in [5, 5.41) is 4.88. The molecule has 0 bridgehead atoms. The predicted molar refractivity (Wildman–Crippen MR) is 85.9 cm³/mol. The normalized spacial score (nSPS) is 11.8. The smallest absolute Gasteiger partial charge is 0.252 e. The highest BCUT2D eigenvalue weighted by molar-refractivity contribution is 7.10. The first-order valence-electron chi connectivity index (χ1n) is 7.11. The molecule has 1 heterocycles. The van der Waals surface area contributed by atoms with Gasteiger partial charge in [0.15, 0.2) is 0 Å². The fraction of sp³-hybridized carbons (Fsp3) is 0.562. The van der Waals surface area contributed by atoms with Crippen LogP contribution in [0, 0.1) is 17.8 Å². The molecule has 1 unspecified atom stereocenters. The summed E-state index contributed by atoms with van der Waals surface area (Å²) in [6.07, 6.45) is 3.38. The number of hydrogen-bond donors (Lipinski definition) is 2. The molecular weight excluding hydrogens is 268 g/mol. The Morgan fingerprint density at radius 1 is 1.40 bits per heavy atom. The van der Waals surface area contributed by atoms with E-state index < -0.39 is 0 Å². The van der Waals surface area contributed by atoms with E-state index >= 15 is 0 Å². The van der Waals surface area contributed by atoms with Crippen LogP contribution in [0.3, 0.4) is 0 Å². The van der Waals surface area contributed by atoms with Gasteiger partial charge in [-0.1, -0.05) is 38.5 Å². The molecule has 0 aliphatic carbocycles. The zero-order valence-electron chi connectivity index (χ0n) is 12.5. The standard InChI is InChI=1S/C16H24N2OS/c1-12(2)6-4-7-13(3)18-16(19)14-10-15(20-11-14)8-5-9-17/h10-13H,4,6-7,9,17H2,1-3H3,(H,18,19). The fourth-order valence-corrected chi connectivity index (χ4v) is 2.63. The summed E-state index contributed by atoms with van der Waals surface area (Å²) in [5.41, 5.74) is 6.02. The van der Waals surface area contributed by atoms with Gasteiger partial charge in [-0.25, -0.2) is 0 Å². The lowest BCUT2D eigenvalue weighted by atomic mass is 10.0. The molecule has 1 rings (SSSR count). The van der Waals surface area contributed by atoms with Crippen LogP contribution in [0.2, 0.25) is 0 Å². The molecule has 20 heavy (non-hydrogen) atoms. The molecule has 0 fully saturated rings. The van der Waals surface area contributed by atoms with Crippen molar-refractivity contribution in [1.29, 1.82) is 0 Å². The molecule has 0 radical (unpaired) electrons. The van der Waals surface area contributed by atoms with Gasteiger partial charge in [0.05, 0.1) is 17.0 Å². The number of amides is 1. The monoisotopic (exact) mass is 292 g/mol.